The lowest BCUT2D eigenvalue weighted by atomic mass is 10.1. The first-order valence-corrected chi connectivity index (χ1v) is 5.83. The Kier molecular flexibility index (Phi) is 1.57. The molecule has 0 bridgehead atoms. The number of nitrogens with zero attached hydrogens (tertiary/aromatic N) is 3. The van der Waals surface area contributed by atoms with Crippen LogP contribution in [0, 0.1) is 0 Å². The van der Waals surface area contributed by atoms with Crippen LogP contribution < -0.4 is 5.56 Å². The monoisotopic (exact) mass is 225 g/mol. The zero-order chi connectivity index (χ0) is 11.4. The summed E-state index contributed by atoms with van der Waals surface area (Å²) in [7, 11) is 0. The van der Waals surface area contributed by atoms with Crippen LogP contribution in [0.2, 0.25) is 0 Å². The highest BCUT2D eigenvalue weighted by Gasteiger charge is 2.17. The molecular weight excluding hydrogens is 214 g/mol. The van der Waals surface area contributed by atoms with Crippen LogP contribution in [0.5, 0.6) is 0 Å². The van der Waals surface area contributed by atoms with E-state index in [0.29, 0.717) is 0 Å². The number of aryl methyl sites for hydroxylation is 2. The molecule has 84 valence electrons. The molecule has 1 aromatic carbocycles. The van der Waals surface area contributed by atoms with Gasteiger partial charge in [-0.05, 0) is 17.9 Å². The molecule has 2 aromatic heterocycles. The number of hydrogen-bond acceptors (Lipinski definition) is 2. The summed E-state index contributed by atoms with van der Waals surface area (Å²) in [5.41, 5.74) is 1.08. The van der Waals surface area contributed by atoms with Gasteiger partial charge in [-0.3, -0.25) is 9.36 Å². The molecule has 3 aromatic rings. The summed E-state index contributed by atoms with van der Waals surface area (Å²) in [6.45, 7) is 1.70. The first-order valence-electron chi connectivity index (χ1n) is 5.83. The Morgan fingerprint density at radius 3 is 2.76 bits per heavy atom. The fraction of sp³-hybridized carbons (Fsp3) is 0.231. The second-order valence-corrected chi connectivity index (χ2v) is 4.46. The third kappa shape index (κ3) is 1.02. The molecule has 0 spiro atoms. The zero-order valence-electron chi connectivity index (χ0n) is 9.26. The number of fused-ring (bicyclic) bond motifs is 2. The van der Waals surface area contributed by atoms with Crippen molar-refractivity contribution in [3.63, 3.8) is 0 Å². The van der Waals surface area contributed by atoms with E-state index in [2.05, 4.69) is 5.10 Å². The molecule has 0 amide bonds. The van der Waals surface area contributed by atoms with E-state index in [-0.39, 0.29) is 5.56 Å². The Bertz CT molecular complexity index is 797. The maximum atomic E-state index is 12.4. The van der Waals surface area contributed by atoms with Crippen LogP contribution in [0.1, 0.15) is 6.42 Å². The van der Waals surface area contributed by atoms with Crippen LogP contribution >= 0.6 is 0 Å². The first-order chi connectivity index (χ1) is 8.36. The molecule has 0 aliphatic carbocycles. The molecule has 1 aliphatic rings. The molecule has 17 heavy (non-hydrogen) atoms. The van der Waals surface area contributed by atoms with Gasteiger partial charge in [0.25, 0.3) is 5.56 Å². The lowest BCUT2D eigenvalue weighted by Gasteiger charge is -2.17. The van der Waals surface area contributed by atoms with Crippen molar-refractivity contribution >= 4 is 21.8 Å². The zero-order valence-corrected chi connectivity index (χ0v) is 9.26. The van der Waals surface area contributed by atoms with E-state index in [1.165, 1.54) is 0 Å². The molecule has 4 nitrogen and oxygen atoms in total. The molecule has 1 aliphatic heterocycles. The summed E-state index contributed by atoms with van der Waals surface area (Å²) in [5, 5.41) is 7.26. The van der Waals surface area contributed by atoms with Crippen LogP contribution in [0.25, 0.3) is 21.8 Å². The molecular formula is C13H11N3O. The summed E-state index contributed by atoms with van der Waals surface area (Å²) < 4.78 is 3.79. The maximum absolute atomic E-state index is 12.4. The first kappa shape index (κ1) is 8.98. The minimum absolute atomic E-state index is 0.106. The Morgan fingerprint density at radius 1 is 1.06 bits per heavy atom. The fourth-order valence-electron chi connectivity index (χ4n) is 2.75. The Morgan fingerprint density at radius 2 is 1.88 bits per heavy atom. The molecule has 4 rings (SSSR count). The third-order valence-electron chi connectivity index (χ3n) is 3.51. The van der Waals surface area contributed by atoms with Gasteiger partial charge in [-0.15, -0.1) is 0 Å². The van der Waals surface area contributed by atoms with Gasteiger partial charge in [0.1, 0.15) is 5.65 Å². The minimum Gasteiger partial charge on any atom is -0.292 e. The van der Waals surface area contributed by atoms with Gasteiger partial charge >= 0.3 is 0 Å². The van der Waals surface area contributed by atoms with E-state index in [1.807, 2.05) is 39.7 Å². The number of hydrogen-bond donors (Lipinski definition) is 0. The van der Waals surface area contributed by atoms with E-state index in [4.69, 9.17) is 0 Å². The molecule has 4 heteroatoms. The van der Waals surface area contributed by atoms with Gasteiger partial charge in [-0.2, -0.15) is 5.10 Å². The predicted molar refractivity (Wildman–Crippen MR) is 66.1 cm³/mol. The molecule has 0 atom stereocenters. The Labute approximate surface area is 97.1 Å². The average Bonchev–Trinajstić information content (AvgIpc) is 2.81. The van der Waals surface area contributed by atoms with Crippen molar-refractivity contribution in [1.82, 2.24) is 14.3 Å². The van der Waals surface area contributed by atoms with Gasteiger partial charge in [0, 0.05) is 23.9 Å². The number of pyridine rings is 1. The maximum Gasteiger partial charge on any atom is 0.260 e. The van der Waals surface area contributed by atoms with Crippen LogP contribution in [-0.2, 0) is 13.1 Å². The molecule has 0 saturated carbocycles. The van der Waals surface area contributed by atoms with Gasteiger partial charge in [0.05, 0.1) is 6.20 Å². The highest BCUT2D eigenvalue weighted by Crippen LogP contribution is 2.24. The van der Waals surface area contributed by atoms with Crippen molar-refractivity contribution in [1.29, 1.82) is 0 Å². The van der Waals surface area contributed by atoms with Crippen molar-refractivity contribution in [2.75, 3.05) is 0 Å². The van der Waals surface area contributed by atoms with Crippen molar-refractivity contribution in [3.05, 3.63) is 40.8 Å². The van der Waals surface area contributed by atoms with Crippen LogP contribution in [0.4, 0.5) is 0 Å². The summed E-state index contributed by atoms with van der Waals surface area (Å²) in [5.74, 6) is 0. The molecule has 3 heterocycles. The highest BCUT2D eigenvalue weighted by atomic mass is 16.1. The van der Waals surface area contributed by atoms with E-state index in [1.54, 1.807) is 0 Å². The molecule has 0 fully saturated rings. The summed E-state index contributed by atoms with van der Waals surface area (Å²) >= 11 is 0. The van der Waals surface area contributed by atoms with Gasteiger partial charge in [-0.1, -0.05) is 18.2 Å². The van der Waals surface area contributed by atoms with Gasteiger partial charge < -0.3 is 0 Å². The Balaban J connectivity index is 2.39. The smallest absolute Gasteiger partial charge is 0.260 e. The number of rotatable bonds is 0. The largest absolute Gasteiger partial charge is 0.292 e. The molecule has 0 N–H and O–H groups in total. The van der Waals surface area contributed by atoms with Crippen molar-refractivity contribution in [3.8, 4) is 0 Å². The lowest BCUT2D eigenvalue weighted by molar-refractivity contribution is 0.485. The van der Waals surface area contributed by atoms with E-state index in [9.17, 15) is 4.79 Å². The predicted octanol–water partition coefficient (Wildman–Crippen LogP) is 1.75. The van der Waals surface area contributed by atoms with E-state index in [0.717, 1.165) is 41.3 Å². The number of aromatic nitrogens is 3. The average molecular weight is 225 g/mol. The topological polar surface area (TPSA) is 39.8 Å². The van der Waals surface area contributed by atoms with Crippen molar-refractivity contribution < 1.29 is 0 Å². The SMILES string of the molecule is O=c1c2ccccc2c2cnn3c2n1CCC3. The van der Waals surface area contributed by atoms with E-state index < -0.39 is 0 Å². The highest BCUT2D eigenvalue weighted by molar-refractivity contribution is 6.04. The quantitative estimate of drug-likeness (QED) is 0.584. The molecule has 0 unspecified atom stereocenters. The van der Waals surface area contributed by atoms with Crippen molar-refractivity contribution in [2.45, 2.75) is 19.5 Å². The summed E-state index contributed by atoms with van der Waals surface area (Å²) in [6, 6.07) is 7.77. The Hall–Kier alpha value is -2.10. The molecule has 0 saturated heterocycles. The van der Waals surface area contributed by atoms with Crippen LogP contribution in [0.3, 0.4) is 0 Å². The lowest BCUT2D eigenvalue weighted by Crippen LogP contribution is -2.26. The second kappa shape index (κ2) is 2.97. The fourth-order valence-corrected chi connectivity index (χ4v) is 2.75. The van der Waals surface area contributed by atoms with Gasteiger partial charge in [0.15, 0.2) is 0 Å². The second-order valence-electron chi connectivity index (χ2n) is 4.46. The standard InChI is InChI=1S/C13H11N3O/c17-13-10-5-2-1-4-9(10)11-8-14-16-7-3-6-15(13)12(11)16/h1-2,4-5,8H,3,6-7H2. The third-order valence-corrected chi connectivity index (χ3v) is 3.51. The van der Waals surface area contributed by atoms with Gasteiger partial charge in [-0.25, -0.2) is 4.68 Å². The van der Waals surface area contributed by atoms with Crippen molar-refractivity contribution in [2.24, 2.45) is 0 Å². The molecule has 0 radical (unpaired) electrons. The number of benzene rings is 1. The summed E-state index contributed by atoms with van der Waals surface area (Å²) in [4.78, 5) is 12.4. The van der Waals surface area contributed by atoms with Crippen LogP contribution in [0.15, 0.2) is 35.3 Å². The van der Waals surface area contributed by atoms with Crippen LogP contribution in [-0.4, -0.2) is 14.3 Å². The normalized spacial score (nSPS) is 14.6. The van der Waals surface area contributed by atoms with Gasteiger partial charge in [0.2, 0.25) is 0 Å². The summed E-state index contributed by atoms with van der Waals surface area (Å²) in [6.07, 6.45) is 2.85. The minimum atomic E-state index is 0.106. The van der Waals surface area contributed by atoms with E-state index >= 15 is 0 Å².